The van der Waals surface area contributed by atoms with Gasteiger partial charge in [0.2, 0.25) is 0 Å². The van der Waals surface area contributed by atoms with E-state index in [1.807, 2.05) is 24.3 Å². The van der Waals surface area contributed by atoms with Crippen molar-refractivity contribution in [2.24, 2.45) is 0 Å². The van der Waals surface area contributed by atoms with E-state index in [0.717, 1.165) is 100 Å². The Hall–Kier alpha value is -8.47. The van der Waals surface area contributed by atoms with Gasteiger partial charge in [0.05, 0.1) is 27.9 Å². The molecule has 64 heavy (non-hydrogen) atoms. The van der Waals surface area contributed by atoms with Crippen LogP contribution in [0, 0.1) is 6.92 Å². The summed E-state index contributed by atoms with van der Waals surface area (Å²) < 4.78 is 11.3. The molecule has 0 N–H and O–H groups in total. The Bertz CT molecular complexity index is 3810. The molecule has 0 atom stereocenters. The van der Waals surface area contributed by atoms with Crippen LogP contribution >= 0.6 is 0 Å². The quantitative estimate of drug-likeness (QED) is 0.143. The molecule has 0 radical (unpaired) electrons. The van der Waals surface area contributed by atoms with Gasteiger partial charge in [-0.25, -0.2) is 4.98 Å². The van der Waals surface area contributed by atoms with Crippen LogP contribution in [0.4, 0.5) is 0 Å². The number of fused-ring (bicyclic) bond motifs is 7. The van der Waals surface area contributed by atoms with Crippen LogP contribution in [0.5, 0.6) is 0 Å². The normalized spacial score (nSPS) is 12.0. The molecule has 12 aromatic rings. The fourth-order valence-electron chi connectivity index (χ4n) is 9.69. The maximum Gasteiger partial charge on any atom is 0.143 e. The van der Waals surface area contributed by atoms with Gasteiger partial charge in [0.1, 0.15) is 11.2 Å². The molecule has 4 aromatic heterocycles. The van der Waals surface area contributed by atoms with Gasteiger partial charge >= 0.3 is 0 Å². The third-order valence-electron chi connectivity index (χ3n) is 12.7. The molecule has 0 spiro atoms. The van der Waals surface area contributed by atoms with Crippen molar-refractivity contribution in [3.8, 4) is 45.0 Å². The summed E-state index contributed by atoms with van der Waals surface area (Å²) in [7, 11) is 0. The van der Waals surface area contributed by atoms with Crippen LogP contribution in [0.1, 0.15) is 16.8 Å². The molecule has 0 bridgehead atoms. The van der Waals surface area contributed by atoms with Crippen molar-refractivity contribution in [2.45, 2.75) is 6.92 Å². The molecule has 12 rings (SSSR count). The lowest BCUT2D eigenvalue weighted by Crippen LogP contribution is -1.98. The SMILES string of the molecule is C=C/C(=C\c1c(C)n(-c2cccc(-c3cccc(-c4ccccc4)n3)c2)c2cc(-c3cccc4c3oc3ccccc34)ccc12)c1ccc2c(c1)c1ccccc1n2-c1ccccc1. The van der Waals surface area contributed by atoms with Gasteiger partial charge in [-0.3, -0.25) is 0 Å². The highest BCUT2D eigenvalue weighted by molar-refractivity contribution is 6.12. The fraction of sp³-hybridized carbons (Fsp3) is 0.0167. The van der Waals surface area contributed by atoms with Crippen molar-refractivity contribution in [1.29, 1.82) is 0 Å². The highest BCUT2D eigenvalue weighted by Crippen LogP contribution is 2.41. The molecule has 4 heteroatoms. The number of hydrogen-bond acceptors (Lipinski definition) is 2. The van der Waals surface area contributed by atoms with Crippen molar-refractivity contribution in [2.75, 3.05) is 0 Å². The van der Waals surface area contributed by atoms with E-state index in [2.05, 4.69) is 217 Å². The van der Waals surface area contributed by atoms with E-state index < -0.39 is 0 Å². The van der Waals surface area contributed by atoms with Gasteiger partial charge in [0.15, 0.2) is 0 Å². The largest absolute Gasteiger partial charge is 0.455 e. The van der Waals surface area contributed by atoms with Crippen LogP contribution < -0.4 is 0 Å². The van der Waals surface area contributed by atoms with Crippen molar-refractivity contribution < 1.29 is 4.42 Å². The van der Waals surface area contributed by atoms with Crippen LogP contribution in [0.2, 0.25) is 0 Å². The lowest BCUT2D eigenvalue weighted by Gasteiger charge is -2.12. The molecule has 0 saturated carbocycles. The van der Waals surface area contributed by atoms with Gasteiger partial charge in [-0.2, -0.15) is 0 Å². The van der Waals surface area contributed by atoms with Gasteiger partial charge < -0.3 is 13.6 Å². The Balaban J connectivity index is 1.05. The summed E-state index contributed by atoms with van der Waals surface area (Å²) >= 11 is 0. The van der Waals surface area contributed by atoms with E-state index in [1.54, 1.807) is 0 Å². The Morgan fingerprint density at radius 1 is 0.484 bits per heavy atom. The first kappa shape index (κ1) is 37.3. The van der Waals surface area contributed by atoms with Gasteiger partial charge in [-0.05, 0) is 96.4 Å². The minimum absolute atomic E-state index is 0.888. The molecule has 8 aromatic carbocycles. The highest BCUT2D eigenvalue weighted by Gasteiger charge is 2.20. The molecule has 0 unspecified atom stereocenters. The standard InChI is InChI=1S/C60H41N3O/c1-3-40(42-32-34-57-53(37-42)48-23-10-12-29-56(48)63(57)45-20-8-5-9-21-45)36-52-39(2)62(46-22-14-19-44(35-46)55-28-16-27-54(61-55)41-17-6-4-7-18-41)58-38-43(31-33-49(52)58)47-25-15-26-51-50-24-11-13-30-59(50)64-60(47)51/h3-38H,1H2,2H3/b40-36+. The van der Waals surface area contributed by atoms with Crippen molar-refractivity contribution >= 4 is 66.3 Å². The third kappa shape index (κ3) is 6.11. The van der Waals surface area contributed by atoms with Crippen LogP contribution in [-0.4, -0.2) is 14.1 Å². The first-order chi connectivity index (χ1) is 31.6. The first-order valence-corrected chi connectivity index (χ1v) is 21.7. The van der Waals surface area contributed by atoms with Crippen LogP contribution in [-0.2, 0) is 0 Å². The zero-order chi connectivity index (χ0) is 42.7. The summed E-state index contributed by atoms with van der Waals surface area (Å²) in [5, 5.41) is 5.80. The summed E-state index contributed by atoms with van der Waals surface area (Å²) in [6.07, 6.45) is 4.30. The van der Waals surface area contributed by atoms with Crippen LogP contribution in [0.3, 0.4) is 0 Å². The molecule has 0 fully saturated rings. The minimum atomic E-state index is 0.888. The number of pyridine rings is 1. The van der Waals surface area contributed by atoms with E-state index >= 15 is 0 Å². The molecule has 0 aliphatic rings. The number of furan rings is 1. The Morgan fingerprint density at radius 3 is 2.00 bits per heavy atom. The second kappa shape index (κ2) is 15.2. The lowest BCUT2D eigenvalue weighted by molar-refractivity contribution is 0.670. The fourth-order valence-corrected chi connectivity index (χ4v) is 9.69. The van der Waals surface area contributed by atoms with E-state index in [9.17, 15) is 0 Å². The molecule has 0 aliphatic heterocycles. The third-order valence-corrected chi connectivity index (χ3v) is 12.7. The van der Waals surface area contributed by atoms with Crippen molar-refractivity contribution in [3.63, 3.8) is 0 Å². The summed E-state index contributed by atoms with van der Waals surface area (Å²) in [4.78, 5) is 5.14. The van der Waals surface area contributed by atoms with Gasteiger partial charge in [0.25, 0.3) is 0 Å². The smallest absolute Gasteiger partial charge is 0.143 e. The molecule has 0 aliphatic carbocycles. The zero-order valence-corrected chi connectivity index (χ0v) is 35.2. The van der Waals surface area contributed by atoms with E-state index in [1.165, 1.54) is 21.8 Å². The predicted molar refractivity (Wildman–Crippen MR) is 268 cm³/mol. The molecule has 302 valence electrons. The predicted octanol–water partition coefficient (Wildman–Crippen LogP) is 16.1. The van der Waals surface area contributed by atoms with E-state index in [-0.39, 0.29) is 0 Å². The average molecular weight is 820 g/mol. The Labute approximate surface area is 370 Å². The van der Waals surface area contributed by atoms with E-state index in [4.69, 9.17) is 9.40 Å². The topological polar surface area (TPSA) is 35.9 Å². The van der Waals surface area contributed by atoms with Gasteiger partial charge in [-0.1, -0.05) is 152 Å². The lowest BCUT2D eigenvalue weighted by atomic mass is 9.98. The highest BCUT2D eigenvalue weighted by atomic mass is 16.3. The number of hydrogen-bond donors (Lipinski definition) is 0. The monoisotopic (exact) mass is 819 g/mol. The van der Waals surface area contributed by atoms with Crippen molar-refractivity contribution in [1.82, 2.24) is 14.1 Å². The molecular formula is C60H41N3O. The van der Waals surface area contributed by atoms with Gasteiger partial charge in [0, 0.05) is 66.3 Å². The summed E-state index contributed by atoms with van der Waals surface area (Å²) in [6, 6.07) is 73.0. The molecule has 4 nitrogen and oxygen atoms in total. The zero-order valence-electron chi connectivity index (χ0n) is 35.2. The number of para-hydroxylation sites is 4. The number of allylic oxidation sites excluding steroid dienone is 2. The van der Waals surface area contributed by atoms with Crippen LogP contribution in [0.25, 0.3) is 111 Å². The van der Waals surface area contributed by atoms with Gasteiger partial charge in [-0.15, -0.1) is 0 Å². The second-order valence-corrected chi connectivity index (χ2v) is 16.4. The maximum absolute atomic E-state index is 6.56. The second-order valence-electron chi connectivity index (χ2n) is 16.4. The van der Waals surface area contributed by atoms with Crippen LogP contribution in [0.15, 0.2) is 223 Å². The number of nitrogens with zero attached hydrogens (tertiary/aromatic N) is 3. The summed E-state index contributed by atoms with van der Waals surface area (Å²) in [5.74, 6) is 0. The molecule has 0 saturated heterocycles. The van der Waals surface area contributed by atoms with E-state index in [0.29, 0.717) is 0 Å². The Morgan fingerprint density at radius 2 is 1.16 bits per heavy atom. The minimum Gasteiger partial charge on any atom is -0.455 e. The molecular weight excluding hydrogens is 779 g/mol. The number of aromatic nitrogens is 3. The summed E-state index contributed by atoms with van der Waals surface area (Å²) in [6.45, 7) is 6.61. The maximum atomic E-state index is 6.56. The number of benzene rings is 8. The average Bonchev–Trinajstić information content (AvgIpc) is 4.00. The molecule has 4 heterocycles. The first-order valence-electron chi connectivity index (χ1n) is 21.7. The number of rotatable bonds is 8. The molecule has 0 amide bonds. The Kier molecular flexibility index (Phi) is 8.84. The summed E-state index contributed by atoms with van der Waals surface area (Å²) in [5.41, 5.74) is 18.0. The van der Waals surface area contributed by atoms with Crippen molar-refractivity contribution in [3.05, 3.63) is 236 Å².